The lowest BCUT2D eigenvalue weighted by Gasteiger charge is -2.16. The van der Waals surface area contributed by atoms with E-state index in [-0.39, 0.29) is 17.5 Å². The molecule has 0 aliphatic heterocycles. The Bertz CT molecular complexity index is 654. The summed E-state index contributed by atoms with van der Waals surface area (Å²) in [6.45, 7) is 2.63. The van der Waals surface area contributed by atoms with Gasteiger partial charge in [-0.2, -0.15) is 0 Å². The van der Waals surface area contributed by atoms with Gasteiger partial charge in [0.05, 0.1) is 12.7 Å². The third kappa shape index (κ3) is 4.39. The minimum atomic E-state index is -0.473. The molecule has 1 N–H and O–H groups in total. The van der Waals surface area contributed by atoms with Crippen molar-refractivity contribution in [1.82, 2.24) is 10.3 Å². The van der Waals surface area contributed by atoms with Gasteiger partial charge in [0.1, 0.15) is 5.69 Å². The van der Waals surface area contributed by atoms with E-state index in [1.807, 2.05) is 18.2 Å². The minimum Gasteiger partial charge on any atom is -0.465 e. The van der Waals surface area contributed by atoms with Crippen molar-refractivity contribution >= 4 is 11.9 Å². The van der Waals surface area contributed by atoms with Crippen molar-refractivity contribution in [1.29, 1.82) is 0 Å². The lowest BCUT2D eigenvalue weighted by atomic mass is 9.96. The Hall–Kier alpha value is -2.69. The maximum absolute atomic E-state index is 12.2. The lowest BCUT2D eigenvalue weighted by Crippen LogP contribution is -2.29. The summed E-state index contributed by atoms with van der Waals surface area (Å²) in [5.41, 5.74) is 1.80. The molecular weight excluding hydrogens is 292 g/mol. The molecule has 1 aromatic heterocycles. The van der Waals surface area contributed by atoms with Crippen molar-refractivity contribution in [2.24, 2.45) is 0 Å². The molecule has 2 rings (SSSR count). The van der Waals surface area contributed by atoms with Gasteiger partial charge in [0, 0.05) is 18.7 Å². The molecule has 1 amide bonds. The molecule has 120 valence electrons. The van der Waals surface area contributed by atoms with Crippen LogP contribution in [0.5, 0.6) is 0 Å². The molecule has 2 aromatic rings. The molecule has 0 aliphatic carbocycles. The van der Waals surface area contributed by atoms with Crippen LogP contribution < -0.4 is 5.32 Å². The van der Waals surface area contributed by atoms with Gasteiger partial charge in [-0.1, -0.05) is 37.3 Å². The van der Waals surface area contributed by atoms with Crippen LogP contribution in [0, 0.1) is 0 Å². The smallest absolute Gasteiger partial charge is 0.339 e. The number of amides is 1. The van der Waals surface area contributed by atoms with Gasteiger partial charge in [0.2, 0.25) is 0 Å². The summed E-state index contributed by atoms with van der Waals surface area (Å²) in [4.78, 5) is 27.5. The fourth-order valence-electron chi connectivity index (χ4n) is 2.30. The van der Waals surface area contributed by atoms with E-state index in [1.165, 1.54) is 31.0 Å². The summed E-state index contributed by atoms with van der Waals surface area (Å²) in [7, 11) is 1.30. The number of pyridine rings is 1. The van der Waals surface area contributed by atoms with Crippen LogP contribution in [-0.2, 0) is 4.74 Å². The van der Waals surface area contributed by atoms with Crippen molar-refractivity contribution in [2.75, 3.05) is 13.7 Å². The van der Waals surface area contributed by atoms with E-state index in [2.05, 4.69) is 34.1 Å². The Kier molecular flexibility index (Phi) is 5.86. The number of aromatic nitrogens is 1. The summed E-state index contributed by atoms with van der Waals surface area (Å²) in [6.07, 6.45) is 2.27. The zero-order valence-corrected chi connectivity index (χ0v) is 13.3. The van der Waals surface area contributed by atoms with Gasteiger partial charge < -0.3 is 10.1 Å². The van der Waals surface area contributed by atoms with E-state index < -0.39 is 5.97 Å². The second kappa shape index (κ2) is 8.08. The fraction of sp³-hybridized carbons (Fsp3) is 0.278. The maximum Gasteiger partial charge on any atom is 0.339 e. The Morgan fingerprint density at radius 3 is 2.48 bits per heavy atom. The average molecular weight is 312 g/mol. The predicted molar refractivity (Wildman–Crippen MR) is 87.4 cm³/mol. The first-order valence-electron chi connectivity index (χ1n) is 7.53. The third-order valence-electron chi connectivity index (χ3n) is 3.69. The molecule has 1 atom stereocenters. The number of nitrogens with zero attached hydrogens (tertiary/aromatic N) is 1. The molecule has 1 heterocycles. The van der Waals surface area contributed by atoms with Crippen LogP contribution in [0.4, 0.5) is 0 Å². The second-order valence-electron chi connectivity index (χ2n) is 5.15. The first kappa shape index (κ1) is 16.7. The third-order valence-corrected chi connectivity index (χ3v) is 3.69. The number of nitrogens with one attached hydrogen (secondary N) is 1. The van der Waals surface area contributed by atoms with E-state index in [0.29, 0.717) is 12.1 Å². The highest BCUT2D eigenvalue weighted by molar-refractivity contribution is 5.94. The highest BCUT2D eigenvalue weighted by Gasteiger charge is 2.13. The van der Waals surface area contributed by atoms with Gasteiger partial charge in [0.15, 0.2) is 0 Å². The zero-order chi connectivity index (χ0) is 16.7. The van der Waals surface area contributed by atoms with Crippen LogP contribution in [0.2, 0.25) is 0 Å². The van der Waals surface area contributed by atoms with Crippen molar-refractivity contribution in [3.63, 3.8) is 0 Å². The van der Waals surface area contributed by atoms with Crippen molar-refractivity contribution in [3.05, 3.63) is 65.5 Å². The Morgan fingerprint density at radius 1 is 1.17 bits per heavy atom. The average Bonchev–Trinajstić information content (AvgIpc) is 2.62. The summed E-state index contributed by atoms with van der Waals surface area (Å²) >= 11 is 0. The monoisotopic (exact) mass is 312 g/mol. The molecule has 23 heavy (non-hydrogen) atoms. The molecule has 1 unspecified atom stereocenters. The molecule has 0 saturated heterocycles. The second-order valence-corrected chi connectivity index (χ2v) is 5.15. The number of ether oxygens (including phenoxy) is 1. The molecular formula is C18H20N2O3. The van der Waals surface area contributed by atoms with E-state index in [9.17, 15) is 9.59 Å². The van der Waals surface area contributed by atoms with Gasteiger partial charge in [-0.3, -0.25) is 9.78 Å². The quantitative estimate of drug-likeness (QED) is 0.833. The van der Waals surface area contributed by atoms with Crippen molar-refractivity contribution < 1.29 is 14.3 Å². The SMILES string of the molecule is CCC(CNC(=O)c1ccc(C(=O)OC)cn1)c1ccccc1. The Labute approximate surface area is 135 Å². The summed E-state index contributed by atoms with van der Waals surface area (Å²) in [5, 5.41) is 2.89. The van der Waals surface area contributed by atoms with Crippen LogP contribution in [0.3, 0.4) is 0 Å². The molecule has 5 heteroatoms. The number of carbonyl (C=O) groups is 2. The van der Waals surface area contributed by atoms with E-state index in [4.69, 9.17) is 0 Å². The van der Waals surface area contributed by atoms with Crippen molar-refractivity contribution in [3.8, 4) is 0 Å². The standard InChI is InChI=1S/C18H20N2O3/c1-3-13(14-7-5-4-6-8-14)11-20-17(21)16-10-9-15(12-19-16)18(22)23-2/h4-10,12-13H,3,11H2,1-2H3,(H,20,21). The largest absolute Gasteiger partial charge is 0.465 e. The number of hydrogen-bond donors (Lipinski definition) is 1. The Morgan fingerprint density at radius 2 is 1.91 bits per heavy atom. The highest BCUT2D eigenvalue weighted by Crippen LogP contribution is 2.18. The molecule has 0 fully saturated rings. The highest BCUT2D eigenvalue weighted by atomic mass is 16.5. The molecule has 0 bridgehead atoms. The van der Waals surface area contributed by atoms with Gasteiger partial charge in [-0.05, 0) is 24.1 Å². The number of methoxy groups -OCH3 is 1. The summed E-state index contributed by atoms with van der Waals surface area (Å²) in [6, 6.07) is 13.1. The van der Waals surface area contributed by atoms with Crippen LogP contribution in [0.25, 0.3) is 0 Å². The van der Waals surface area contributed by atoms with Crippen LogP contribution in [0.1, 0.15) is 45.7 Å². The van der Waals surface area contributed by atoms with E-state index in [1.54, 1.807) is 0 Å². The molecule has 0 spiro atoms. The molecule has 0 saturated carbocycles. The number of carbonyl (C=O) groups excluding carboxylic acids is 2. The van der Waals surface area contributed by atoms with Gasteiger partial charge >= 0.3 is 5.97 Å². The van der Waals surface area contributed by atoms with Gasteiger partial charge in [-0.25, -0.2) is 4.79 Å². The van der Waals surface area contributed by atoms with Crippen LogP contribution in [0.15, 0.2) is 48.7 Å². The Balaban J connectivity index is 1.97. The predicted octanol–water partition coefficient (Wildman–Crippen LogP) is 2.79. The number of esters is 1. The van der Waals surface area contributed by atoms with E-state index in [0.717, 1.165) is 6.42 Å². The summed E-state index contributed by atoms with van der Waals surface area (Å²) in [5.74, 6) is -0.468. The van der Waals surface area contributed by atoms with E-state index >= 15 is 0 Å². The zero-order valence-electron chi connectivity index (χ0n) is 13.3. The molecule has 0 radical (unpaired) electrons. The van der Waals surface area contributed by atoms with Crippen molar-refractivity contribution in [2.45, 2.75) is 19.3 Å². The summed E-state index contributed by atoms with van der Waals surface area (Å²) < 4.78 is 4.60. The fourth-order valence-corrected chi connectivity index (χ4v) is 2.30. The first-order chi connectivity index (χ1) is 11.2. The normalized spacial score (nSPS) is 11.6. The van der Waals surface area contributed by atoms with Gasteiger partial charge in [0.25, 0.3) is 5.91 Å². The lowest BCUT2D eigenvalue weighted by molar-refractivity contribution is 0.0599. The number of hydrogen-bond acceptors (Lipinski definition) is 4. The number of rotatable bonds is 6. The van der Waals surface area contributed by atoms with Crippen LogP contribution in [-0.4, -0.2) is 30.5 Å². The molecule has 0 aliphatic rings. The van der Waals surface area contributed by atoms with Crippen LogP contribution >= 0.6 is 0 Å². The molecule has 1 aromatic carbocycles. The topological polar surface area (TPSA) is 68.3 Å². The minimum absolute atomic E-state index is 0.254. The number of benzene rings is 1. The molecule has 5 nitrogen and oxygen atoms in total. The maximum atomic E-state index is 12.2. The first-order valence-corrected chi connectivity index (χ1v) is 7.53. The van der Waals surface area contributed by atoms with Gasteiger partial charge in [-0.15, -0.1) is 0 Å².